The highest BCUT2D eigenvalue weighted by Crippen LogP contribution is 2.21. The third-order valence-corrected chi connectivity index (χ3v) is 4.64. The van der Waals surface area contributed by atoms with Gasteiger partial charge in [0.1, 0.15) is 5.01 Å². The first-order valence-electron chi connectivity index (χ1n) is 6.86. The lowest BCUT2D eigenvalue weighted by molar-refractivity contribution is 0.0940. The lowest BCUT2D eigenvalue weighted by Gasteiger charge is -2.11. The predicted octanol–water partition coefficient (Wildman–Crippen LogP) is 3.07. The molecule has 1 aromatic carbocycles. The Bertz CT molecular complexity index is 777. The zero-order valence-electron chi connectivity index (χ0n) is 11.9. The van der Waals surface area contributed by atoms with Gasteiger partial charge in [0.25, 0.3) is 5.91 Å². The van der Waals surface area contributed by atoms with E-state index in [4.69, 9.17) is 0 Å². The maximum Gasteiger partial charge on any atom is 0.251 e. The molecular formula is C15H16N4OS. The van der Waals surface area contributed by atoms with Crippen LogP contribution in [0.25, 0.3) is 11.0 Å². The fraction of sp³-hybridized carbons (Fsp3) is 0.267. The number of fused-ring (bicyclic) bond motifs is 1. The first-order valence-corrected chi connectivity index (χ1v) is 7.67. The Kier molecular flexibility index (Phi) is 3.70. The first-order chi connectivity index (χ1) is 10.2. The van der Waals surface area contributed by atoms with Crippen LogP contribution in [0.15, 0.2) is 30.7 Å². The second-order valence-electron chi connectivity index (χ2n) is 4.85. The van der Waals surface area contributed by atoms with Gasteiger partial charge in [-0.1, -0.05) is 6.92 Å². The number of benzene rings is 1. The number of amides is 1. The molecule has 3 rings (SSSR count). The molecule has 6 heteroatoms. The zero-order chi connectivity index (χ0) is 14.8. The van der Waals surface area contributed by atoms with Crippen LogP contribution in [-0.2, 0) is 6.42 Å². The lowest BCUT2D eigenvalue weighted by Crippen LogP contribution is -2.26. The van der Waals surface area contributed by atoms with Crippen LogP contribution < -0.4 is 5.32 Å². The third kappa shape index (κ3) is 2.80. The highest BCUT2D eigenvalue weighted by molar-refractivity contribution is 7.11. The Morgan fingerprint density at radius 1 is 1.43 bits per heavy atom. The molecule has 1 amide bonds. The van der Waals surface area contributed by atoms with Crippen molar-refractivity contribution in [2.24, 2.45) is 0 Å². The molecular weight excluding hydrogens is 284 g/mol. The number of nitrogens with zero attached hydrogens (tertiary/aromatic N) is 2. The number of rotatable bonds is 4. The Morgan fingerprint density at radius 3 is 3.05 bits per heavy atom. The average molecular weight is 300 g/mol. The summed E-state index contributed by atoms with van der Waals surface area (Å²) in [6.07, 6.45) is 4.46. The zero-order valence-corrected chi connectivity index (χ0v) is 12.7. The van der Waals surface area contributed by atoms with Crippen molar-refractivity contribution >= 4 is 28.3 Å². The van der Waals surface area contributed by atoms with Crippen LogP contribution in [0.2, 0.25) is 0 Å². The third-order valence-electron chi connectivity index (χ3n) is 3.32. The minimum Gasteiger partial charge on any atom is -0.345 e. The van der Waals surface area contributed by atoms with Gasteiger partial charge in [0.05, 0.1) is 23.4 Å². The van der Waals surface area contributed by atoms with Gasteiger partial charge in [-0.3, -0.25) is 4.79 Å². The van der Waals surface area contributed by atoms with E-state index in [1.54, 1.807) is 23.7 Å². The van der Waals surface area contributed by atoms with E-state index in [1.807, 2.05) is 25.3 Å². The predicted molar refractivity (Wildman–Crippen MR) is 83.5 cm³/mol. The summed E-state index contributed by atoms with van der Waals surface area (Å²) in [6, 6.07) is 5.33. The van der Waals surface area contributed by atoms with Crippen LogP contribution >= 0.6 is 11.3 Å². The van der Waals surface area contributed by atoms with Crippen molar-refractivity contribution in [2.75, 3.05) is 0 Å². The molecule has 108 valence electrons. The summed E-state index contributed by atoms with van der Waals surface area (Å²) in [5, 5.41) is 3.91. The number of imidazole rings is 1. The molecule has 3 aromatic rings. The van der Waals surface area contributed by atoms with Crippen molar-refractivity contribution in [2.45, 2.75) is 26.3 Å². The SMILES string of the molecule is CCc1cnc(C(C)NC(=O)c2ccc3nc[nH]c3c2)s1. The van der Waals surface area contributed by atoms with Crippen molar-refractivity contribution < 1.29 is 4.79 Å². The van der Waals surface area contributed by atoms with Gasteiger partial charge in [-0.05, 0) is 31.5 Å². The molecule has 0 saturated heterocycles. The molecule has 0 bridgehead atoms. The van der Waals surface area contributed by atoms with Crippen molar-refractivity contribution in [3.05, 3.63) is 46.2 Å². The van der Waals surface area contributed by atoms with E-state index in [1.165, 1.54) is 4.88 Å². The summed E-state index contributed by atoms with van der Waals surface area (Å²) >= 11 is 1.64. The van der Waals surface area contributed by atoms with Gasteiger partial charge in [-0.25, -0.2) is 9.97 Å². The molecule has 5 nitrogen and oxygen atoms in total. The molecule has 0 aliphatic carbocycles. The number of aryl methyl sites for hydroxylation is 1. The molecule has 0 aliphatic heterocycles. The molecule has 0 fully saturated rings. The van der Waals surface area contributed by atoms with Crippen LogP contribution in [0, 0.1) is 0 Å². The molecule has 0 radical (unpaired) electrons. The van der Waals surface area contributed by atoms with Gasteiger partial charge in [-0.15, -0.1) is 11.3 Å². The Hall–Kier alpha value is -2.21. The van der Waals surface area contributed by atoms with Crippen LogP contribution in [0.1, 0.15) is 40.1 Å². The number of carbonyl (C=O) groups excluding carboxylic acids is 1. The van der Waals surface area contributed by atoms with Gasteiger partial charge < -0.3 is 10.3 Å². The topological polar surface area (TPSA) is 70.7 Å². The fourth-order valence-electron chi connectivity index (χ4n) is 2.10. The Balaban J connectivity index is 1.75. The molecule has 2 N–H and O–H groups in total. The van der Waals surface area contributed by atoms with Crippen molar-refractivity contribution in [3.63, 3.8) is 0 Å². The van der Waals surface area contributed by atoms with E-state index < -0.39 is 0 Å². The second kappa shape index (κ2) is 5.65. The number of carbonyl (C=O) groups is 1. The molecule has 1 atom stereocenters. The normalized spacial score (nSPS) is 12.5. The molecule has 0 spiro atoms. The second-order valence-corrected chi connectivity index (χ2v) is 5.99. The number of hydrogen-bond donors (Lipinski definition) is 2. The maximum atomic E-state index is 12.3. The highest BCUT2D eigenvalue weighted by atomic mass is 32.1. The average Bonchev–Trinajstić information content (AvgIpc) is 3.15. The van der Waals surface area contributed by atoms with Gasteiger partial charge in [0.2, 0.25) is 0 Å². The van der Waals surface area contributed by atoms with Crippen LogP contribution in [0.5, 0.6) is 0 Å². The van der Waals surface area contributed by atoms with Gasteiger partial charge in [-0.2, -0.15) is 0 Å². The van der Waals surface area contributed by atoms with E-state index >= 15 is 0 Å². The largest absolute Gasteiger partial charge is 0.345 e. The standard InChI is InChI=1S/C15H16N4OS/c1-3-11-7-16-15(21-11)9(2)19-14(20)10-4-5-12-13(6-10)18-8-17-12/h4-9H,3H2,1-2H3,(H,17,18)(H,19,20). The number of aromatic nitrogens is 3. The van der Waals surface area contributed by atoms with Crippen LogP contribution in [-0.4, -0.2) is 20.9 Å². The van der Waals surface area contributed by atoms with Crippen LogP contribution in [0.4, 0.5) is 0 Å². The summed E-state index contributed by atoms with van der Waals surface area (Å²) in [4.78, 5) is 25.0. The van der Waals surface area contributed by atoms with Crippen molar-refractivity contribution in [1.29, 1.82) is 0 Å². The number of aromatic amines is 1. The lowest BCUT2D eigenvalue weighted by atomic mass is 10.2. The quantitative estimate of drug-likeness (QED) is 0.778. The van der Waals surface area contributed by atoms with Gasteiger partial charge in [0.15, 0.2) is 0 Å². The monoisotopic (exact) mass is 300 g/mol. The minimum absolute atomic E-state index is 0.0970. The first kappa shape index (κ1) is 13.8. The molecule has 0 aliphatic rings. The van der Waals surface area contributed by atoms with E-state index in [9.17, 15) is 4.79 Å². The highest BCUT2D eigenvalue weighted by Gasteiger charge is 2.15. The Labute approximate surface area is 126 Å². The molecule has 1 unspecified atom stereocenters. The number of hydrogen-bond acceptors (Lipinski definition) is 4. The summed E-state index contributed by atoms with van der Waals surface area (Å²) in [7, 11) is 0. The fourth-order valence-corrected chi connectivity index (χ4v) is 2.96. The Morgan fingerprint density at radius 2 is 2.29 bits per heavy atom. The number of nitrogens with one attached hydrogen (secondary N) is 2. The van der Waals surface area contributed by atoms with E-state index in [2.05, 4.69) is 27.2 Å². The molecule has 2 heterocycles. The van der Waals surface area contributed by atoms with E-state index in [0.29, 0.717) is 5.56 Å². The van der Waals surface area contributed by atoms with E-state index in [0.717, 1.165) is 22.5 Å². The molecule has 2 aromatic heterocycles. The van der Waals surface area contributed by atoms with Crippen molar-refractivity contribution in [1.82, 2.24) is 20.3 Å². The van der Waals surface area contributed by atoms with E-state index in [-0.39, 0.29) is 11.9 Å². The summed E-state index contributed by atoms with van der Waals surface area (Å²) in [6.45, 7) is 4.05. The smallest absolute Gasteiger partial charge is 0.251 e. The minimum atomic E-state index is -0.104. The van der Waals surface area contributed by atoms with Crippen molar-refractivity contribution in [3.8, 4) is 0 Å². The van der Waals surface area contributed by atoms with Gasteiger partial charge in [0, 0.05) is 16.6 Å². The number of thiazole rings is 1. The van der Waals surface area contributed by atoms with Gasteiger partial charge >= 0.3 is 0 Å². The summed E-state index contributed by atoms with van der Waals surface area (Å²) in [5.74, 6) is -0.104. The maximum absolute atomic E-state index is 12.3. The summed E-state index contributed by atoms with van der Waals surface area (Å²) < 4.78 is 0. The van der Waals surface area contributed by atoms with Crippen LogP contribution in [0.3, 0.4) is 0 Å². The molecule has 0 saturated carbocycles. The summed E-state index contributed by atoms with van der Waals surface area (Å²) in [5.41, 5.74) is 2.33. The molecule has 21 heavy (non-hydrogen) atoms. The number of H-pyrrole nitrogens is 1.